The van der Waals surface area contributed by atoms with Gasteiger partial charge in [0.05, 0.1) is 36.6 Å². The van der Waals surface area contributed by atoms with Gasteiger partial charge < -0.3 is 19.5 Å². The minimum atomic E-state index is -0.283. The van der Waals surface area contributed by atoms with Gasteiger partial charge in [-0.1, -0.05) is 6.07 Å². The number of aromatic nitrogens is 8. The summed E-state index contributed by atoms with van der Waals surface area (Å²) in [7, 11) is 0. The van der Waals surface area contributed by atoms with Gasteiger partial charge in [0.25, 0.3) is 5.88 Å². The van der Waals surface area contributed by atoms with E-state index in [0.717, 1.165) is 49.9 Å². The number of hydrogen-bond donors (Lipinski definition) is 1. The number of nitrogens with one attached hydrogen (secondary N) is 1. The van der Waals surface area contributed by atoms with Crippen molar-refractivity contribution in [3.05, 3.63) is 48.7 Å². The summed E-state index contributed by atoms with van der Waals surface area (Å²) in [5.41, 5.74) is 2.55. The highest BCUT2D eigenvalue weighted by Gasteiger charge is 2.32. The van der Waals surface area contributed by atoms with Gasteiger partial charge in [0, 0.05) is 37.1 Å². The van der Waals surface area contributed by atoms with Gasteiger partial charge in [-0.05, 0) is 74.6 Å². The van der Waals surface area contributed by atoms with E-state index < -0.39 is 0 Å². The molecule has 0 amide bonds. The zero-order valence-corrected chi connectivity index (χ0v) is 26.7. The van der Waals surface area contributed by atoms with Gasteiger partial charge in [-0.25, -0.2) is 14.6 Å². The van der Waals surface area contributed by atoms with Crippen LogP contribution in [0.4, 0.5) is 11.6 Å². The summed E-state index contributed by atoms with van der Waals surface area (Å²) in [6, 6.07) is 10.3. The van der Waals surface area contributed by atoms with Crippen LogP contribution in [-0.2, 0) is 11.3 Å². The summed E-state index contributed by atoms with van der Waals surface area (Å²) in [5, 5.41) is 37.8. The van der Waals surface area contributed by atoms with Crippen LogP contribution in [0.3, 0.4) is 0 Å². The first-order valence-electron chi connectivity index (χ1n) is 15.9. The second kappa shape index (κ2) is 14.5. The highest BCUT2D eigenvalue weighted by atomic mass is 16.5. The fourth-order valence-corrected chi connectivity index (χ4v) is 6.39. The third-order valence-electron chi connectivity index (χ3n) is 8.47. The highest BCUT2D eigenvalue weighted by molar-refractivity contribution is 5.67. The molecule has 1 saturated heterocycles. The molecular weight excluding hydrogens is 600 g/mol. The number of nitriles is 2. The number of tetrazole rings is 1. The average Bonchev–Trinajstić information content (AvgIpc) is 3.73. The molecule has 1 N–H and O–H groups in total. The van der Waals surface area contributed by atoms with E-state index in [1.54, 1.807) is 29.2 Å². The Hall–Kier alpha value is -5.12. The van der Waals surface area contributed by atoms with Crippen LogP contribution in [-0.4, -0.2) is 88.9 Å². The fourth-order valence-electron chi connectivity index (χ4n) is 6.39. The molecule has 0 unspecified atom stereocenters. The van der Waals surface area contributed by atoms with E-state index in [9.17, 15) is 5.26 Å². The summed E-state index contributed by atoms with van der Waals surface area (Å²) in [5.74, 6) is 1.14. The largest absolute Gasteiger partial charge is 0.487 e. The number of anilines is 2. The Morgan fingerprint density at radius 1 is 1.04 bits per heavy atom. The Bertz CT molecular complexity index is 1690. The SMILES string of the molecule is C[C@@H]1CN(C2CCC(n3cc(Nc4ncc(-c5ccc(C#N)c(O[C@@H](C)Cn6cnnn6)c5)cn4)c(OCC#N)n3)CC2)C[C@H](C)O1. The summed E-state index contributed by atoms with van der Waals surface area (Å²) >= 11 is 0. The van der Waals surface area contributed by atoms with Gasteiger partial charge in [0.1, 0.15) is 36.0 Å². The Kier molecular flexibility index (Phi) is 9.85. The van der Waals surface area contributed by atoms with Crippen molar-refractivity contribution in [1.29, 1.82) is 10.5 Å². The summed E-state index contributed by atoms with van der Waals surface area (Å²) < 4.78 is 21.2. The summed E-state index contributed by atoms with van der Waals surface area (Å²) in [6.45, 7) is 8.43. The Balaban J connectivity index is 1.12. The normalized spacial score (nSPS) is 22.1. The lowest BCUT2D eigenvalue weighted by Gasteiger charge is -2.42. The van der Waals surface area contributed by atoms with Crippen LogP contribution in [0.25, 0.3) is 11.1 Å². The first-order valence-corrected chi connectivity index (χ1v) is 15.9. The zero-order chi connectivity index (χ0) is 32.8. The van der Waals surface area contributed by atoms with Crippen LogP contribution in [0.2, 0.25) is 0 Å². The van der Waals surface area contributed by atoms with Crippen LogP contribution in [0.5, 0.6) is 11.6 Å². The predicted octanol–water partition coefficient (Wildman–Crippen LogP) is 3.90. The van der Waals surface area contributed by atoms with Crippen LogP contribution in [0, 0.1) is 22.7 Å². The van der Waals surface area contributed by atoms with Crippen LogP contribution in [0.1, 0.15) is 58.1 Å². The molecule has 0 bridgehead atoms. The van der Waals surface area contributed by atoms with Crippen molar-refractivity contribution in [3.63, 3.8) is 0 Å². The lowest BCUT2D eigenvalue weighted by atomic mass is 9.89. The van der Waals surface area contributed by atoms with Gasteiger partial charge >= 0.3 is 0 Å². The number of ether oxygens (including phenoxy) is 3. The molecule has 1 saturated carbocycles. The molecule has 6 rings (SSSR count). The minimum absolute atomic E-state index is 0.122. The van der Waals surface area contributed by atoms with Crippen molar-refractivity contribution >= 4 is 11.6 Å². The van der Waals surface area contributed by atoms with E-state index in [-0.39, 0.29) is 31.0 Å². The molecular formula is C32H38N12O3. The highest BCUT2D eigenvalue weighted by Crippen LogP contribution is 2.35. The maximum atomic E-state index is 9.63. The molecule has 2 aliphatic rings. The number of hydrogen-bond acceptors (Lipinski definition) is 13. The second-order valence-electron chi connectivity index (χ2n) is 12.2. The first kappa shape index (κ1) is 31.8. The number of nitrogens with zero attached hydrogens (tertiary/aromatic N) is 11. The third kappa shape index (κ3) is 7.82. The lowest BCUT2D eigenvalue weighted by Crippen LogP contribution is -2.51. The maximum absolute atomic E-state index is 9.63. The maximum Gasteiger partial charge on any atom is 0.257 e. The molecule has 4 aromatic rings. The van der Waals surface area contributed by atoms with Crippen molar-refractivity contribution in [2.75, 3.05) is 25.0 Å². The number of benzene rings is 1. The Morgan fingerprint density at radius 2 is 1.79 bits per heavy atom. The van der Waals surface area contributed by atoms with Gasteiger partial charge in [0.15, 0.2) is 6.61 Å². The molecule has 47 heavy (non-hydrogen) atoms. The zero-order valence-electron chi connectivity index (χ0n) is 26.7. The van der Waals surface area contributed by atoms with Crippen LogP contribution in [0.15, 0.2) is 43.1 Å². The monoisotopic (exact) mass is 638 g/mol. The lowest BCUT2D eigenvalue weighted by molar-refractivity contribution is -0.0852. The van der Waals surface area contributed by atoms with Crippen molar-refractivity contribution in [1.82, 2.24) is 44.9 Å². The number of rotatable bonds is 11. The molecule has 2 fully saturated rings. The Morgan fingerprint density at radius 3 is 2.47 bits per heavy atom. The van der Waals surface area contributed by atoms with E-state index in [4.69, 9.17) is 24.6 Å². The Labute approximate surface area is 273 Å². The predicted molar refractivity (Wildman–Crippen MR) is 170 cm³/mol. The number of morpholine rings is 1. The van der Waals surface area contributed by atoms with Crippen molar-refractivity contribution in [3.8, 4) is 34.9 Å². The van der Waals surface area contributed by atoms with Crippen LogP contribution >= 0.6 is 0 Å². The molecule has 15 heteroatoms. The molecule has 1 aromatic carbocycles. The molecule has 0 radical (unpaired) electrons. The van der Waals surface area contributed by atoms with Gasteiger partial charge in [-0.2, -0.15) is 10.5 Å². The first-order chi connectivity index (χ1) is 22.9. The molecule has 15 nitrogen and oxygen atoms in total. The van der Waals surface area contributed by atoms with Gasteiger partial charge in [-0.15, -0.1) is 10.2 Å². The molecule has 0 spiro atoms. The smallest absolute Gasteiger partial charge is 0.257 e. The fraction of sp³-hybridized carbons (Fsp3) is 0.500. The van der Waals surface area contributed by atoms with Crippen molar-refractivity contribution < 1.29 is 14.2 Å². The molecule has 244 valence electrons. The molecule has 3 aromatic heterocycles. The minimum Gasteiger partial charge on any atom is -0.487 e. The van der Waals surface area contributed by atoms with Crippen molar-refractivity contribution in [2.24, 2.45) is 0 Å². The third-order valence-corrected chi connectivity index (χ3v) is 8.47. The topological polar surface area (TPSA) is 178 Å². The molecule has 1 aliphatic heterocycles. The van der Waals surface area contributed by atoms with Gasteiger partial charge in [0.2, 0.25) is 5.95 Å². The van der Waals surface area contributed by atoms with E-state index in [1.807, 2.05) is 29.9 Å². The molecule has 4 heterocycles. The van der Waals surface area contributed by atoms with E-state index >= 15 is 0 Å². The average molecular weight is 639 g/mol. The van der Waals surface area contributed by atoms with E-state index in [2.05, 4.69) is 55.6 Å². The summed E-state index contributed by atoms with van der Waals surface area (Å²) in [4.78, 5) is 11.6. The standard InChI is InChI=1S/C32H38N12O3/c1-21-16-42(17-22(2)46-21)27-6-8-28(9-7-27)44-19-29(31(39-44)45-11-10-33)38-32-35-14-26(15-36-32)24-4-5-25(13-34)30(12-24)47-23(3)18-43-20-37-40-41-43/h4-5,12,14-15,19-23,27-28H,6-9,11,16-18H2,1-3H3,(H,35,36,38)/t21-,22+,23-,27?,28?/m0/s1. The molecule has 3 atom stereocenters. The van der Waals surface area contributed by atoms with E-state index in [0.29, 0.717) is 41.4 Å². The van der Waals surface area contributed by atoms with Crippen molar-refractivity contribution in [2.45, 2.75) is 83.4 Å². The molecule has 1 aliphatic carbocycles. The van der Waals surface area contributed by atoms with E-state index in [1.165, 1.54) is 6.33 Å². The van der Waals surface area contributed by atoms with Gasteiger partial charge in [-0.3, -0.25) is 9.58 Å². The quantitative estimate of drug-likeness (QED) is 0.250. The second-order valence-corrected chi connectivity index (χ2v) is 12.2. The summed E-state index contributed by atoms with van der Waals surface area (Å²) in [6.07, 6.45) is 11.2. The van der Waals surface area contributed by atoms with Crippen LogP contribution < -0.4 is 14.8 Å².